The van der Waals surface area contributed by atoms with Crippen LogP contribution in [0.25, 0.3) is 5.69 Å². The van der Waals surface area contributed by atoms with Gasteiger partial charge in [-0.05, 0) is 43.5 Å². The highest BCUT2D eigenvalue weighted by Crippen LogP contribution is 2.22. The Balaban J connectivity index is 1.46. The Morgan fingerprint density at radius 3 is 2.52 bits per heavy atom. The third kappa shape index (κ3) is 3.63. The van der Waals surface area contributed by atoms with Crippen LogP contribution in [0.5, 0.6) is 0 Å². The molecular weight excluding hydrogens is 312 g/mol. The van der Waals surface area contributed by atoms with Gasteiger partial charge in [0, 0.05) is 49.6 Å². The summed E-state index contributed by atoms with van der Waals surface area (Å²) in [5.41, 5.74) is 3.34. The molecule has 1 aliphatic heterocycles. The fraction of sp³-hybridized carbons (Fsp3) is 0.316. The molecule has 128 valence electrons. The van der Waals surface area contributed by atoms with Gasteiger partial charge in [0.25, 0.3) is 0 Å². The summed E-state index contributed by atoms with van der Waals surface area (Å²) in [6.45, 7) is 2.94. The van der Waals surface area contributed by atoms with Crippen molar-refractivity contribution in [2.45, 2.75) is 25.8 Å². The van der Waals surface area contributed by atoms with Crippen LogP contribution >= 0.6 is 0 Å². The molecule has 4 heterocycles. The Morgan fingerprint density at radius 1 is 0.880 bits per heavy atom. The van der Waals surface area contributed by atoms with Crippen molar-refractivity contribution in [1.82, 2.24) is 19.7 Å². The highest BCUT2D eigenvalue weighted by atomic mass is 15.3. The van der Waals surface area contributed by atoms with Crippen LogP contribution in [-0.2, 0) is 6.54 Å². The zero-order chi connectivity index (χ0) is 16.9. The lowest BCUT2D eigenvalue weighted by Crippen LogP contribution is -2.29. The van der Waals surface area contributed by atoms with Gasteiger partial charge < -0.3 is 10.2 Å². The Bertz CT molecular complexity index is 808. The first-order valence-electron chi connectivity index (χ1n) is 8.78. The van der Waals surface area contributed by atoms with E-state index in [0.717, 1.165) is 30.3 Å². The topological polar surface area (TPSA) is 58.9 Å². The van der Waals surface area contributed by atoms with Gasteiger partial charge in [0.15, 0.2) is 0 Å². The maximum absolute atomic E-state index is 4.46. The Kier molecular flexibility index (Phi) is 4.59. The number of nitrogens with one attached hydrogen (secondary N) is 1. The lowest BCUT2D eigenvalue weighted by Gasteiger charge is -2.28. The Labute approximate surface area is 147 Å². The summed E-state index contributed by atoms with van der Waals surface area (Å²) in [4.78, 5) is 11.0. The molecule has 0 spiro atoms. The minimum atomic E-state index is 0.665. The first kappa shape index (κ1) is 15.6. The predicted octanol–water partition coefficient (Wildman–Crippen LogP) is 3.26. The van der Waals surface area contributed by atoms with E-state index in [1.165, 1.54) is 24.9 Å². The van der Waals surface area contributed by atoms with Crippen molar-refractivity contribution in [3.05, 3.63) is 60.8 Å². The number of rotatable bonds is 5. The van der Waals surface area contributed by atoms with Crippen molar-refractivity contribution in [3.63, 3.8) is 0 Å². The Morgan fingerprint density at radius 2 is 1.68 bits per heavy atom. The molecule has 0 atom stereocenters. The van der Waals surface area contributed by atoms with Crippen LogP contribution in [-0.4, -0.2) is 32.8 Å². The molecule has 1 aliphatic rings. The molecule has 0 bridgehead atoms. The molecule has 4 rings (SSSR count). The zero-order valence-electron chi connectivity index (χ0n) is 14.2. The number of nitrogens with zero attached hydrogens (tertiary/aromatic N) is 5. The van der Waals surface area contributed by atoms with E-state index in [2.05, 4.69) is 37.4 Å². The Hall–Kier alpha value is -2.89. The largest absolute Gasteiger partial charge is 0.371 e. The second-order valence-corrected chi connectivity index (χ2v) is 6.24. The average molecular weight is 334 g/mol. The van der Waals surface area contributed by atoms with Gasteiger partial charge in [0.05, 0.1) is 17.9 Å². The van der Waals surface area contributed by atoms with Crippen molar-refractivity contribution in [2.24, 2.45) is 0 Å². The molecule has 0 amide bonds. The zero-order valence-corrected chi connectivity index (χ0v) is 14.2. The van der Waals surface area contributed by atoms with E-state index in [9.17, 15) is 0 Å². The van der Waals surface area contributed by atoms with Gasteiger partial charge >= 0.3 is 0 Å². The summed E-state index contributed by atoms with van der Waals surface area (Å²) in [6, 6.07) is 10.1. The summed E-state index contributed by atoms with van der Waals surface area (Å²) in [5, 5.41) is 7.83. The minimum Gasteiger partial charge on any atom is -0.371 e. The van der Waals surface area contributed by atoms with Gasteiger partial charge in [-0.1, -0.05) is 0 Å². The van der Waals surface area contributed by atoms with Gasteiger partial charge in [-0.15, -0.1) is 0 Å². The smallest absolute Gasteiger partial charge is 0.128 e. The van der Waals surface area contributed by atoms with Crippen LogP contribution < -0.4 is 10.2 Å². The number of pyridine rings is 2. The van der Waals surface area contributed by atoms with Crippen molar-refractivity contribution < 1.29 is 0 Å². The maximum atomic E-state index is 4.46. The summed E-state index contributed by atoms with van der Waals surface area (Å²) in [5.74, 6) is 0.894. The SMILES string of the molecule is c1cc(-n2nccc2CNc2cc(N3CCCCC3)ccn2)ccn1. The van der Waals surface area contributed by atoms with Crippen molar-refractivity contribution in [3.8, 4) is 5.69 Å². The molecule has 1 fully saturated rings. The van der Waals surface area contributed by atoms with Gasteiger partial charge in [0.1, 0.15) is 5.82 Å². The van der Waals surface area contributed by atoms with Gasteiger partial charge in [0.2, 0.25) is 0 Å². The number of anilines is 2. The summed E-state index contributed by atoms with van der Waals surface area (Å²) in [6.07, 6.45) is 11.1. The molecule has 0 saturated carbocycles. The molecule has 0 radical (unpaired) electrons. The fourth-order valence-corrected chi connectivity index (χ4v) is 3.23. The molecule has 1 N–H and O–H groups in total. The monoisotopic (exact) mass is 334 g/mol. The standard InChI is InChI=1S/C19H22N6/c1-2-12-24(13-3-1)17-6-10-21-19(14-17)22-15-18-7-11-23-25(18)16-4-8-20-9-5-16/h4-11,14H,1-3,12-13,15H2,(H,21,22). The van der Waals surface area contributed by atoms with Crippen LogP contribution in [0.1, 0.15) is 25.0 Å². The van der Waals surface area contributed by atoms with Crippen LogP contribution in [0.2, 0.25) is 0 Å². The summed E-state index contributed by atoms with van der Waals surface area (Å²) in [7, 11) is 0. The quantitative estimate of drug-likeness (QED) is 0.776. The molecule has 3 aromatic rings. The molecule has 0 aromatic carbocycles. The van der Waals surface area contributed by atoms with Crippen molar-refractivity contribution in [2.75, 3.05) is 23.3 Å². The second kappa shape index (κ2) is 7.34. The van der Waals surface area contributed by atoms with Gasteiger partial charge in [-0.2, -0.15) is 5.10 Å². The third-order valence-electron chi connectivity index (χ3n) is 4.54. The molecule has 1 saturated heterocycles. The minimum absolute atomic E-state index is 0.665. The molecule has 0 unspecified atom stereocenters. The second-order valence-electron chi connectivity index (χ2n) is 6.24. The van der Waals surface area contributed by atoms with Crippen LogP contribution in [0.4, 0.5) is 11.5 Å². The number of aromatic nitrogens is 4. The van der Waals surface area contributed by atoms with Gasteiger partial charge in [-0.3, -0.25) is 4.98 Å². The lowest BCUT2D eigenvalue weighted by molar-refractivity contribution is 0.578. The first-order chi connectivity index (χ1) is 12.4. The van der Waals surface area contributed by atoms with Crippen LogP contribution in [0.3, 0.4) is 0 Å². The maximum Gasteiger partial charge on any atom is 0.128 e. The number of hydrogen-bond acceptors (Lipinski definition) is 5. The molecule has 0 aliphatic carbocycles. The van der Waals surface area contributed by atoms with E-state index in [0.29, 0.717) is 6.54 Å². The summed E-state index contributed by atoms with van der Waals surface area (Å²) >= 11 is 0. The van der Waals surface area contributed by atoms with Crippen molar-refractivity contribution >= 4 is 11.5 Å². The highest BCUT2D eigenvalue weighted by Gasteiger charge is 2.12. The van der Waals surface area contributed by atoms with Crippen LogP contribution in [0, 0.1) is 0 Å². The van der Waals surface area contributed by atoms with Crippen molar-refractivity contribution in [1.29, 1.82) is 0 Å². The third-order valence-corrected chi connectivity index (χ3v) is 4.54. The van der Waals surface area contributed by atoms with E-state index in [1.807, 2.05) is 35.3 Å². The first-order valence-corrected chi connectivity index (χ1v) is 8.78. The molecular formula is C19H22N6. The molecule has 25 heavy (non-hydrogen) atoms. The number of hydrogen-bond donors (Lipinski definition) is 1. The molecule has 3 aromatic heterocycles. The normalized spacial score (nSPS) is 14.5. The fourth-order valence-electron chi connectivity index (χ4n) is 3.23. The summed E-state index contributed by atoms with van der Waals surface area (Å²) < 4.78 is 1.92. The van der Waals surface area contributed by atoms with Crippen LogP contribution in [0.15, 0.2) is 55.1 Å². The van der Waals surface area contributed by atoms with Gasteiger partial charge in [-0.25, -0.2) is 9.67 Å². The average Bonchev–Trinajstić information content (AvgIpc) is 3.17. The highest BCUT2D eigenvalue weighted by molar-refractivity contribution is 5.54. The molecule has 6 nitrogen and oxygen atoms in total. The van der Waals surface area contributed by atoms with E-state index < -0.39 is 0 Å². The molecule has 6 heteroatoms. The van der Waals surface area contributed by atoms with E-state index in [-0.39, 0.29) is 0 Å². The lowest BCUT2D eigenvalue weighted by atomic mass is 10.1. The van der Waals surface area contributed by atoms with E-state index in [4.69, 9.17) is 0 Å². The van der Waals surface area contributed by atoms with E-state index in [1.54, 1.807) is 12.4 Å². The number of piperidine rings is 1. The predicted molar refractivity (Wildman–Crippen MR) is 99.0 cm³/mol. The van der Waals surface area contributed by atoms with E-state index >= 15 is 0 Å².